The van der Waals surface area contributed by atoms with Gasteiger partial charge in [-0.15, -0.1) is 0 Å². The maximum Gasteiger partial charge on any atom is 0.271 e. The zero-order valence-electron chi connectivity index (χ0n) is 10.6. The van der Waals surface area contributed by atoms with Crippen LogP contribution in [0.15, 0.2) is 42.5 Å². The first-order valence-corrected chi connectivity index (χ1v) is 6.00. The molecule has 0 bridgehead atoms. The molecule has 0 saturated carbocycles. The van der Waals surface area contributed by atoms with E-state index < -0.39 is 4.92 Å². The molecule has 0 radical (unpaired) electrons. The van der Waals surface area contributed by atoms with Crippen molar-refractivity contribution in [1.29, 1.82) is 0 Å². The number of para-hydroxylation sites is 1. The van der Waals surface area contributed by atoms with Crippen molar-refractivity contribution < 1.29 is 4.92 Å². The van der Waals surface area contributed by atoms with Crippen LogP contribution in [0.3, 0.4) is 0 Å². The summed E-state index contributed by atoms with van der Waals surface area (Å²) in [6.45, 7) is 2.07. The van der Waals surface area contributed by atoms with Gasteiger partial charge in [-0.25, -0.2) is 0 Å². The topological polar surface area (TPSA) is 81.2 Å². The largest absolute Gasteiger partial charge is 0.397 e. The molecule has 0 aliphatic carbocycles. The molecule has 0 saturated heterocycles. The Balaban J connectivity index is 2.31. The number of hydrogen-bond donors (Lipinski definition) is 2. The first-order chi connectivity index (χ1) is 9.11. The van der Waals surface area contributed by atoms with E-state index in [2.05, 4.69) is 12.2 Å². The molecule has 0 unspecified atom stereocenters. The lowest BCUT2D eigenvalue weighted by atomic mass is 10.1. The number of aryl methyl sites for hydroxylation is 1. The van der Waals surface area contributed by atoms with E-state index in [0.29, 0.717) is 11.4 Å². The Labute approximate surface area is 111 Å². The lowest BCUT2D eigenvalue weighted by Gasteiger charge is -2.12. The lowest BCUT2D eigenvalue weighted by molar-refractivity contribution is -0.384. The molecule has 3 N–H and O–H groups in total. The summed E-state index contributed by atoms with van der Waals surface area (Å²) < 4.78 is 0. The number of benzene rings is 2. The molecule has 2 aromatic rings. The third-order valence-corrected chi connectivity index (χ3v) is 2.91. The lowest BCUT2D eigenvalue weighted by Crippen LogP contribution is -2.00. The van der Waals surface area contributed by atoms with Gasteiger partial charge in [0.15, 0.2) is 0 Å². The van der Waals surface area contributed by atoms with Crippen LogP contribution < -0.4 is 11.1 Å². The maximum absolute atomic E-state index is 10.7. The molecule has 2 rings (SSSR count). The molecule has 0 fully saturated rings. The van der Waals surface area contributed by atoms with Crippen LogP contribution in [0.25, 0.3) is 0 Å². The van der Waals surface area contributed by atoms with Crippen molar-refractivity contribution in [2.24, 2.45) is 0 Å². The SMILES string of the molecule is CCc1ccccc1Nc1ccc([N+](=O)[O-])cc1N. The number of nitrogens with two attached hydrogens (primary N) is 1. The highest BCUT2D eigenvalue weighted by Gasteiger charge is 2.09. The predicted octanol–water partition coefficient (Wildman–Crippen LogP) is 3.48. The smallest absolute Gasteiger partial charge is 0.271 e. The zero-order valence-corrected chi connectivity index (χ0v) is 10.6. The van der Waals surface area contributed by atoms with E-state index in [0.717, 1.165) is 12.1 Å². The molecule has 5 nitrogen and oxygen atoms in total. The average Bonchev–Trinajstić information content (AvgIpc) is 2.41. The van der Waals surface area contributed by atoms with Crippen LogP contribution in [0.5, 0.6) is 0 Å². The summed E-state index contributed by atoms with van der Waals surface area (Å²) in [7, 11) is 0. The van der Waals surface area contributed by atoms with Gasteiger partial charge in [-0.05, 0) is 24.1 Å². The molecule has 0 aromatic heterocycles. The Bertz CT molecular complexity index is 611. The predicted molar refractivity (Wildman–Crippen MR) is 76.6 cm³/mol. The third kappa shape index (κ3) is 2.82. The molecule has 0 atom stereocenters. The third-order valence-electron chi connectivity index (χ3n) is 2.91. The van der Waals surface area contributed by atoms with Crippen LogP contribution in [0.2, 0.25) is 0 Å². The van der Waals surface area contributed by atoms with E-state index in [4.69, 9.17) is 5.73 Å². The van der Waals surface area contributed by atoms with Crippen LogP contribution in [-0.4, -0.2) is 4.92 Å². The van der Waals surface area contributed by atoms with Crippen molar-refractivity contribution in [2.45, 2.75) is 13.3 Å². The van der Waals surface area contributed by atoms with Gasteiger partial charge >= 0.3 is 0 Å². The van der Waals surface area contributed by atoms with Gasteiger partial charge in [0.05, 0.1) is 16.3 Å². The summed E-state index contributed by atoms with van der Waals surface area (Å²) in [6.07, 6.45) is 0.899. The minimum absolute atomic E-state index is 0.00757. The Kier molecular flexibility index (Phi) is 3.66. The number of nitrogens with zero attached hydrogens (tertiary/aromatic N) is 1. The van der Waals surface area contributed by atoms with Gasteiger partial charge in [-0.1, -0.05) is 25.1 Å². The number of anilines is 3. The molecular formula is C14H15N3O2. The first-order valence-electron chi connectivity index (χ1n) is 6.00. The van der Waals surface area contributed by atoms with Crippen LogP contribution in [-0.2, 0) is 6.42 Å². The second-order valence-corrected chi connectivity index (χ2v) is 4.16. The molecule has 0 heterocycles. The highest BCUT2D eigenvalue weighted by Crippen LogP contribution is 2.28. The maximum atomic E-state index is 10.7. The second-order valence-electron chi connectivity index (χ2n) is 4.16. The molecule has 0 spiro atoms. The Morgan fingerprint density at radius 3 is 2.58 bits per heavy atom. The van der Waals surface area contributed by atoms with Crippen molar-refractivity contribution in [3.63, 3.8) is 0 Å². The van der Waals surface area contributed by atoms with Crippen LogP contribution in [0.1, 0.15) is 12.5 Å². The summed E-state index contributed by atoms with van der Waals surface area (Å²) in [6, 6.07) is 12.3. The first kappa shape index (κ1) is 12.9. The molecule has 19 heavy (non-hydrogen) atoms. The summed E-state index contributed by atoms with van der Waals surface area (Å²) in [5, 5.41) is 13.9. The quantitative estimate of drug-likeness (QED) is 0.499. The molecule has 0 aliphatic heterocycles. The Morgan fingerprint density at radius 2 is 1.95 bits per heavy atom. The molecule has 5 heteroatoms. The fourth-order valence-electron chi connectivity index (χ4n) is 1.87. The van der Waals surface area contributed by atoms with Crippen LogP contribution >= 0.6 is 0 Å². The van der Waals surface area contributed by atoms with Gasteiger partial charge in [0, 0.05) is 17.8 Å². The number of hydrogen-bond acceptors (Lipinski definition) is 4. The monoisotopic (exact) mass is 257 g/mol. The van der Waals surface area contributed by atoms with Crippen LogP contribution in [0, 0.1) is 10.1 Å². The van der Waals surface area contributed by atoms with Crippen molar-refractivity contribution in [3.8, 4) is 0 Å². The molecular weight excluding hydrogens is 242 g/mol. The standard InChI is InChI=1S/C14H15N3O2/c1-2-10-5-3-4-6-13(10)16-14-8-7-11(17(18)19)9-12(14)15/h3-9,16H,2,15H2,1H3. The highest BCUT2D eigenvalue weighted by atomic mass is 16.6. The summed E-state index contributed by atoms with van der Waals surface area (Å²) in [5.74, 6) is 0. The zero-order chi connectivity index (χ0) is 13.8. The van der Waals surface area contributed by atoms with Gasteiger partial charge in [0.25, 0.3) is 5.69 Å². The van der Waals surface area contributed by atoms with Gasteiger partial charge in [0.2, 0.25) is 0 Å². The molecule has 2 aromatic carbocycles. The van der Waals surface area contributed by atoms with E-state index in [-0.39, 0.29) is 5.69 Å². The number of nitrogens with one attached hydrogen (secondary N) is 1. The Hall–Kier alpha value is -2.56. The number of nitrogen functional groups attached to an aromatic ring is 1. The highest BCUT2D eigenvalue weighted by molar-refractivity contribution is 5.75. The van der Waals surface area contributed by atoms with E-state index in [1.165, 1.54) is 17.7 Å². The van der Waals surface area contributed by atoms with Gasteiger partial charge in [-0.2, -0.15) is 0 Å². The summed E-state index contributed by atoms with van der Waals surface area (Å²) in [5.41, 5.74) is 8.99. The van der Waals surface area contributed by atoms with Crippen LogP contribution in [0.4, 0.5) is 22.7 Å². The molecule has 98 valence electrons. The summed E-state index contributed by atoms with van der Waals surface area (Å²) in [4.78, 5) is 10.2. The fraction of sp³-hybridized carbons (Fsp3) is 0.143. The van der Waals surface area contributed by atoms with Crippen molar-refractivity contribution >= 4 is 22.7 Å². The Morgan fingerprint density at radius 1 is 1.21 bits per heavy atom. The number of rotatable bonds is 4. The minimum atomic E-state index is -0.458. The van der Waals surface area contributed by atoms with E-state index in [9.17, 15) is 10.1 Å². The average molecular weight is 257 g/mol. The number of nitro benzene ring substituents is 1. The van der Waals surface area contributed by atoms with Gasteiger partial charge < -0.3 is 11.1 Å². The molecule has 0 aliphatic rings. The van der Waals surface area contributed by atoms with Crippen molar-refractivity contribution in [3.05, 3.63) is 58.1 Å². The van der Waals surface area contributed by atoms with E-state index in [1.807, 2.05) is 24.3 Å². The second kappa shape index (κ2) is 5.39. The van der Waals surface area contributed by atoms with Gasteiger partial charge in [0.1, 0.15) is 0 Å². The van der Waals surface area contributed by atoms with E-state index in [1.54, 1.807) is 6.07 Å². The normalized spacial score (nSPS) is 10.2. The fourth-order valence-corrected chi connectivity index (χ4v) is 1.87. The van der Waals surface area contributed by atoms with Gasteiger partial charge in [-0.3, -0.25) is 10.1 Å². The number of nitro groups is 1. The van der Waals surface area contributed by atoms with Crippen molar-refractivity contribution in [2.75, 3.05) is 11.1 Å². The number of non-ortho nitro benzene ring substituents is 1. The van der Waals surface area contributed by atoms with Crippen molar-refractivity contribution in [1.82, 2.24) is 0 Å². The summed E-state index contributed by atoms with van der Waals surface area (Å²) >= 11 is 0. The van der Waals surface area contributed by atoms with E-state index >= 15 is 0 Å². The molecule has 0 amide bonds. The minimum Gasteiger partial charge on any atom is -0.397 e.